The third-order valence-electron chi connectivity index (χ3n) is 5.27. The fraction of sp³-hybridized carbons (Fsp3) is 0.688. The molecule has 4 rings (SSSR count). The highest BCUT2D eigenvalue weighted by Crippen LogP contribution is 2.33. The summed E-state index contributed by atoms with van der Waals surface area (Å²) in [6.07, 6.45) is 4.17. The molecule has 1 aliphatic heterocycles. The van der Waals surface area contributed by atoms with Crippen molar-refractivity contribution in [3.8, 4) is 0 Å². The summed E-state index contributed by atoms with van der Waals surface area (Å²) < 4.78 is 7.17. The third kappa shape index (κ3) is 3.80. The number of anilines is 1. The molecule has 154 valence electrons. The Kier molecular flexibility index (Phi) is 5.68. The number of hydrogen-bond donors (Lipinski definition) is 5. The highest BCUT2D eigenvalue weighted by molar-refractivity contribution is 5.82. The van der Waals surface area contributed by atoms with Crippen LogP contribution in [0.15, 0.2) is 12.7 Å². The Hall–Kier alpha value is -1.93. The molecular formula is C16H24N6O6. The molecule has 2 aliphatic rings. The Morgan fingerprint density at radius 1 is 1.14 bits per heavy atom. The first-order valence-electron chi connectivity index (χ1n) is 9.31. The molecule has 5 N–H and O–H groups in total. The normalized spacial score (nSPS) is 29.0. The van der Waals surface area contributed by atoms with E-state index in [1.807, 2.05) is 0 Å². The number of ether oxygens (including phenoxy) is 1. The Morgan fingerprint density at radius 2 is 1.93 bits per heavy atom. The molecule has 0 radical (unpaired) electrons. The maximum Gasteiger partial charge on any atom is 0.167 e. The van der Waals surface area contributed by atoms with Gasteiger partial charge >= 0.3 is 0 Å². The van der Waals surface area contributed by atoms with Crippen LogP contribution in [-0.2, 0) is 9.57 Å². The topological polar surface area (TPSA) is 158 Å². The summed E-state index contributed by atoms with van der Waals surface area (Å²) in [5, 5.41) is 40.8. The molecule has 0 aromatic carbocycles. The lowest BCUT2D eigenvalue weighted by molar-refractivity contribution is -0.496. The Balaban J connectivity index is 1.55. The zero-order chi connectivity index (χ0) is 19.7. The summed E-state index contributed by atoms with van der Waals surface area (Å²) in [4.78, 5) is 17.4. The summed E-state index contributed by atoms with van der Waals surface area (Å²) in [5.41, 5.74) is 1.01. The number of hydrogen-bond acceptors (Lipinski definition) is 11. The minimum Gasteiger partial charge on any atom is -0.387 e. The van der Waals surface area contributed by atoms with E-state index >= 15 is 0 Å². The molecule has 1 aliphatic carbocycles. The quantitative estimate of drug-likeness (QED) is 0.425. The predicted octanol–water partition coefficient (Wildman–Crippen LogP) is 0.202. The molecule has 2 fully saturated rings. The number of rotatable bonds is 6. The Bertz CT molecular complexity index is 797. The molecule has 3 heterocycles. The fourth-order valence-electron chi connectivity index (χ4n) is 3.82. The van der Waals surface area contributed by atoms with Crippen LogP contribution in [0.4, 0.5) is 5.82 Å². The second-order valence-electron chi connectivity index (χ2n) is 7.12. The molecule has 0 unspecified atom stereocenters. The molecule has 4 atom stereocenters. The molecule has 0 amide bonds. The molecule has 12 nitrogen and oxygen atoms in total. The average Bonchev–Trinajstić information content (AvgIpc) is 3.24. The van der Waals surface area contributed by atoms with Crippen molar-refractivity contribution in [3.63, 3.8) is 0 Å². The van der Waals surface area contributed by atoms with Crippen molar-refractivity contribution in [1.82, 2.24) is 24.9 Å². The summed E-state index contributed by atoms with van der Waals surface area (Å²) in [5.74, 6) is 0.625. The first-order chi connectivity index (χ1) is 13.5. The van der Waals surface area contributed by atoms with Crippen LogP contribution < -0.4 is 5.32 Å². The monoisotopic (exact) mass is 396 g/mol. The second kappa shape index (κ2) is 8.21. The zero-order valence-electron chi connectivity index (χ0n) is 15.1. The molecule has 1 saturated carbocycles. The predicted molar refractivity (Wildman–Crippen MR) is 93.1 cm³/mol. The number of aromatic nitrogens is 4. The highest BCUT2D eigenvalue weighted by atomic mass is 17.1. The van der Waals surface area contributed by atoms with Gasteiger partial charge in [0.15, 0.2) is 23.2 Å². The molecule has 28 heavy (non-hydrogen) atoms. The number of aliphatic hydroxyl groups is 2. The maximum atomic E-state index is 10.4. The number of imidazole rings is 1. The summed E-state index contributed by atoms with van der Waals surface area (Å²) in [7, 11) is 0. The van der Waals surface area contributed by atoms with E-state index in [9.17, 15) is 10.2 Å². The van der Waals surface area contributed by atoms with Gasteiger partial charge in [0.2, 0.25) is 0 Å². The first kappa shape index (κ1) is 19.4. The standard InChI is InChI=1S/C16H24N6O6/c23-12-10(6-27-22(25)26)28-16(13(12)24)21-8-19-11-14(17-7-18-15(11)21)20-9-4-2-1-3-5-9/h7-10,12-13,16,23-26H,1-6H2,(H,17,18,20)/t10-,12-,13-,16-/m1/s1. The van der Waals surface area contributed by atoms with Gasteiger partial charge in [-0.15, -0.1) is 0 Å². The van der Waals surface area contributed by atoms with E-state index in [1.54, 1.807) is 0 Å². The zero-order valence-corrected chi connectivity index (χ0v) is 15.1. The second-order valence-corrected chi connectivity index (χ2v) is 7.12. The van der Waals surface area contributed by atoms with Crippen LogP contribution in [0.2, 0.25) is 0 Å². The van der Waals surface area contributed by atoms with E-state index in [2.05, 4.69) is 25.1 Å². The van der Waals surface area contributed by atoms with Crippen LogP contribution >= 0.6 is 0 Å². The SMILES string of the molecule is O[C@@H]1[C@H](O)[C@@H](CON(O)O)O[C@H]1n1cnc2c(NC3CCCCC3)ncnc21. The van der Waals surface area contributed by atoms with Gasteiger partial charge < -0.3 is 20.3 Å². The summed E-state index contributed by atoms with van der Waals surface area (Å²) in [6, 6.07) is 0.341. The van der Waals surface area contributed by atoms with Gasteiger partial charge in [-0.05, 0) is 12.8 Å². The average molecular weight is 396 g/mol. The number of nitrogens with one attached hydrogen (secondary N) is 1. The van der Waals surface area contributed by atoms with E-state index in [1.165, 1.54) is 36.5 Å². The van der Waals surface area contributed by atoms with E-state index in [4.69, 9.17) is 15.2 Å². The van der Waals surface area contributed by atoms with Crippen molar-refractivity contribution in [2.75, 3.05) is 11.9 Å². The van der Waals surface area contributed by atoms with Crippen molar-refractivity contribution in [3.05, 3.63) is 12.7 Å². The summed E-state index contributed by atoms with van der Waals surface area (Å²) in [6.45, 7) is -0.363. The van der Waals surface area contributed by atoms with Gasteiger partial charge in [-0.25, -0.2) is 19.8 Å². The van der Waals surface area contributed by atoms with Gasteiger partial charge in [0.25, 0.3) is 0 Å². The molecule has 2 aromatic heterocycles. The van der Waals surface area contributed by atoms with Crippen molar-refractivity contribution >= 4 is 17.0 Å². The fourth-order valence-corrected chi connectivity index (χ4v) is 3.82. The number of nitrogens with zero attached hydrogens (tertiary/aromatic N) is 5. The van der Waals surface area contributed by atoms with E-state index in [0.717, 1.165) is 12.8 Å². The van der Waals surface area contributed by atoms with Crippen LogP contribution in [0, 0.1) is 0 Å². The molecule has 1 saturated heterocycles. The van der Waals surface area contributed by atoms with E-state index in [0.29, 0.717) is 23.0 Å². The lowest BCUT2D eigenvalue weighted by Crippen LogP contribution is -2.35. The summed E-state index contributed by atoms with van der Waals surface area (Å²) >= 11 is 0. The van der Waals surface area contributed by atoms with Crippen LogP contribution in [0.5, 0.6) is 0 Å². The minimum absolute atomic E-state index is 0.341. The minimum atomic E-state index is -1.29. The number of fused-ring (bicyclic) bond motifs is 1. The molecule has 2 aromatic rings. The van der Waals surface area contributed by atoms with Crippen LogP contribution in [-0.4, -0.2) is 76.5 Å². The molecule has 0 spiro atoms. The van der Waals surface area contributed by atoms with Crippen LogP contribution in [0.3, 0.4) is 0 Å². The smallest absolute Gasteiger partial charge is 0.167 e. The lowest BCUT2D eigenvalue weighted by Gasteiger charge is -2.23. The van der Waals surface area contributed by atoms with Crippen molar-refractivity contribution < 1.29 is 30.2 Å². The highest BCUT2D eigenvalue weighted by Gasteiger charge is 2.44. The largest absolute Gasteiger partial charge is 0.387 e. The van der Waals surface area contributed by atoms with Gasteiger partial charge in [-0.3, -0.25) is 15.0 Å². The molecule has 12 heteroatoms. The number of aliphatic hydroxyl groups excluding tert-OH is 2. The third-order valence-corrected chi connectivity index (χ3v) is 5.27. The first-order valence-corrected chi connectivity index (χ1v) is 9.31. The molecule has 0 bridgehead atoms. The Morgan fingerprint density at radius 3 is 2.68 bits per heavy atom. The van der Waals surface area contributed by atoms with Gasteiger partial charge in [0, 0.05) is 6.04 Å². The van der Waals surface area contributed by atoms with Gasteiger partial charge in [0.1, 0.15) is 31.2 Å². The van der Waals surface area contributed by atoms with Gasteiger partial charge in [0.05, 0.1) is 11.7 Å². The van der Waals surface area contributed by atoms with Crippen molar-refractivity contribution in [2.24, 2.45) is 0 Å². The van der Waals surface area contributed by atoms with Crippen LogP contribution in [0.1, 0.15) is 38.3 Å². The maximum absolute atomic E-state index is 10.4. The van der Waals surface area contributed by atoms with Gasteiger partial charge in [-0.1, -0.05) is 19.3 Å². The van der Waals surface area contributed by atoms with Crippen molar-refractivity contribution in [1.29, 1.82) is 0 Å². The van der Waals surface area contributed by atoms with Gasteiger partial charge in [-0.2, -0.15) is 0 Å². The van der Waals surface area contributed by atoms with Crippen LogP contribution in [0.25, 0.3) is 11.2 Å². The van der Waals surface area contributed by atoms with E-state index in [-0.39, 0.29) is 6.61 Å². The molecular weight excluding hydrogens is 372 g/mol. The van der Waals surface area contributed by atoms with Crippen molar-refractivity contribution in [2.45, 2.75) is 62.7 Å². The lowest BCUT2D eigenvalue weighted by atomic mass is 9.95. The van der Waals surface area contributed by atoms with E-state index < -0.39 is 29.9 Å². The Labute approximate surface area is 160 Å².